The number of carbonyl (C=O) groups is 3. The maximum absolute atomic E-state index is 11.6. The molecule has 0 aromatic heterocycles. The summed E-state index contributed by atoms with van der Waals surface area (Å²) in [5.41, 5.74) is 0.233. The Morgan fingerprint density at radius 1 is 1.56 bits per heavy atom. The van der Waals surface area contributed by atoms with Gasteiger partial charge in [0, 0.05) is 6.08 Å². The number of ether oxygens (including phenoxy) is 1. The van der Waals surface area contributed by atoms with Gasteiger partial charge in [-0.05, 0) is 6.08 Å². The summed E-state index contributed by atoms with van der Waals surface area (Å²) in [4.78, 5) is 34.8. The number of methoxy groups -OCH3 is 1. The molecule has 0 spiro atoms. The highest BCUT2D eigenvalue weighted by molar-refractivity contribution is 6.09. The Morgan fingerprint density at radius 2 is 2.25 bits per heavy atom. The van der Waals surface area contributed by atoms with Crippen LogP contribution in [-0.2, 0) is 19.1 Å². The molecule has 1 atom stereocenters. The van der Waals surface area contributed by atoms with Crippen LogP contribution in [0, 0.1) is 0 Å². The van der Waals surface area contributed by atoms with Gasteiger partial charge in [-0.2, -0.15) is 0 Å². The van der Waals surface area contributed by atoms with Crippen molar-refractivity contribution < 1.29 is 24.2 Å². The molecule has 0 aliphatic carbocycles. The third-order valence-electron chi connectivity index (χ3n) is 2.46. The van der Waals surface area contributed by atoms with Crippen molar-refractivity contribution in [2.45, 2.75) is 12.5 Å². The van der Waals surface area contributed by atoms with Crippen molar-refractivity contribution in [3.05, 3.63) is 23.6 Å². The number of rotatable bonds is 2. The number of carbonyl (C=O) groups excluding carboxylic acids is 2. The number of carboxylic acids is 1. The van der Waals surface area contributed by atoms with Crippen molar-refractivity contribution in [1.29, 1.82) is 0 Å². The van der Waals surface area contributed by atoms with Gasteiger partial charge >= 0.3 is 5.97 Å². The maximum atomic E-state index is 11.6. The molecule has 16 heavy (non-hydrogen) atoms. The van der Waals surface area contributed by atoms with E-state index < -0.39 is 17.9 Å². The summed E-state index contributed by atoms with van der Waals surface area (Å²) in [5, 5.41) is 8.94. The average molecular weight is 223 g/mol. The van der Waals surface area contributed by atoms with Crippen molar-refractivity contribution in [2.75, 3.05) is 7.11 Å². The smallest absolute Gasteiger partial charge is 0.331 e. The largest absolute Gasteiger partial charge is 0.495 e. The fraction of sp³-hybridized carbons (Fsp3) is 0.300. The number of allylic oxidation sites excluding steroid dienone is 1. The zero-order valence-corrected chi connectivity index (χ0v) is 8.47. The molecule has 0 saturated carbocycles. The third-order valence-corrected chi connectivity index (χ3v) is 2.46. The monoisotopic (exact) mass is 223 g/mol. The van der Waals surface area contributed by atoms with E-state index in [1.165, 1.54) is 19.3 Å². The van der Waals surface area contributed by atoms with Gasteiger partial charge in [-0.1, -0.05) is 0 Å². The van der Waals surface area contributed by atoms with Gasteiger partial charge in [0.15, 0.2) is 11.8 Å². The summed E-state index contributed by atoms with van der Waals surface area (Å²) in [6, 6.07) is -1.08. The highest BCUT2D eigenvalue weighted by Gasteiger charge is 2.41. The van der Waals surface area contributed by atoms with E-state index in [0.29, 0.717) is 0 Å². The molecule has 2 heterocycles. The van der Waals surface area contributed by atoms with E-state index in [2.05, 4.69) is 0 Å². The van der Waals surface area contributed by atoms with E-state index in [4.69, 9.17) is 9.84 Å². The van der Waals surface area contributed by atoms with Crippen LogP contribution in [0.15, 0.2) is 23.6 Å². The first kappa shape index (κ1) is 10.4. The number of amides is 1. The Labute approximate surface area is 90.8 Å². The van der Waals surface area contributed by atoms with Gasteiger partial charge in [0.1, 0.15) is 5.76 Å². The fourth-order valence-electron chi connectivity index (χ4n) is 1.79. The number of hydrogen-bond acceptors (Lipinski definition) is 4. The van der Waals surface area contributed by atoms with Crippen molar-refractivity contribution >= 4 is 17.7 Å². The van der Waals surface area contributed by atoms with E-state index in [1.54, 1.807) is 0 Å². The second-order valence-corrected chi connectivity index (χ2v) is 3.45. The van der Waals surface area contributed by atoms with Crippen LogP contribution in [0.1, 0.15) is 6.42 Å². The van der Waals surface area contributed by atoms with Crippen LogP contribution in [0.4, 0.5) is 0 Å². The molecule has 0 aromatic carbocycles. The second kappa shape index (κ2) is 3.48. The highest BCUT2D eigenvalue weighted by atomic mass is 16.5. The van der Waals surface area contributed by atoms with Crippen molar-refractivity contribution in [3.8, 4) is 0 Å². The Balaban J connectivity index is 2.47. The Hall–Kier alpha value is -2.11. The Bertz CT molecular complexity index is 448. The minimum absolute atomic E-state index is 0.233. The van der Waals surface area contributed by atoms with Gasteiger partial charge in [-0.3, -0.25) is 14.5 Å². The first-order chi connectivity index (χ1) is 7.54. The summed E-state index contributed by atoms with van der Waals surface area (Å²) in [6.45, 7) is 0. The number of hydrogen-bond donors (Lipinski definition) is 1. The first-order valence-corrected chi connectivity index (χ1v) is 4.60. The SMILES string of the molecule is COC1=C[C@@H](C(=O)O)N2C(=O)CC(=O)C=C12. The van der Waals surface area contributed by atoms with Gasteiger partial charge in [-0.25, -0.2) is 4.79 Å². The molecule has 2 aliphatic rings. The lowest BCUT2D eigenvalue weighted by Gasteiger charge is -2.25. The number of aliphatic carboxylic acids is 1. The minimum Gasteiger partial charge on any atom is -0.495 e. The zero-order chi connectivity index (χ0) is 11.9. The zero-order valence-electron chi connectivity index (χ0n) is 8.47. The van der Waals surface area contributed by atoms with Crippen LogP contribution in [0.25, 0.3) is 0 Å². The standard InChI is InChI=1S/C10H9NO5/c1-16-8-4-7(10(14)15)11-6(8)2-5(12)3-9(11)13/h2,4,7H,3H2,1H3,(H,14,15)/t7-/m0/s1. The summed E-state index contributed by atoms with van der Waals surface area (Å²) in [6.07, 6.45) is 2.25. The molecule has 1 amide bonds. The van der Waals surface area contributed by atoms with Gasteiger partial charge in [0.05, 0.1) is 19.2 Å². The third kappa shape index (κ3) is 1.39. The number of ketones is 1. The Morgan fingerprint density at radius 3 is 2.81 bits per heavy atom. The summed E-state index contributed by atoms with van der Waals surface area (Å²) >= 11 is 0. The molecule has 0 fully saturated rings. The molecule has 2 rings (SSSR count). The van der Waals surface area contributed by atoms with Gasteiger partial charge in [0.2, 0.25) is 5.91 Å². The normalized spacial score (nSPS) is 23.8. The second-order valence-electron chi connectivity index (χ2n) is 3.45. The van der Waals surface area contributed by atoms with Gasteiger partial charge in [0.25, 0.3) is 0 Å². The van der Waals surface area contributed by atoms with Gasteiger partial charge < -0.3 is 9.84 Å². The molecule has 2 aliphatic heterocycles. The van der Waals surface area contributed by atoms with E-state index in [9.17, 15) is 14.4 Å². The molecule has 6 heteroatoms. The van der Waals surface area contributed by atoms with E-state index in [1.807, 2.05) is 0 Å². The molecular formula is C10H9NO5. The molecular weight excluding hydrogens is 214 g/mol. The fourth-order valence-corrected chi connectivity index (χ4v) is 1.79. The first-order valence-electron chi connectivity index (χ1n) is 4.60. The lowest BCUT2D eigenvalue weighted by molar-refractivity contribution is -0.147. The number of nitrogens with zero attached hydrogens (tertiary/aromatic N) is 1. The van der Waals surface area contributed by atoms with Crippen LogP contribution < -0.4 is 0 Å². The molecule has 0 unspecified atom stereocenters. The van der Waals surface area contributed by atoms with Crippen LogP contribution in [0.3, 0.4) is 0 Å². The van der Waals surface area contributed by atoms with E-state index in [-0.39, 0.29) is 23.7 Å². The van der Waals surface area contributed by atoms with Gasteiger partial charge in [-0.15, -0.1) is 0 Å². The van der Waals surface area contributed by atoms with E-state index in [0.717, 1.165) is 4.90 Å². The lowest BCUT2D eigenvalue weighted by Crippen LogP contribution is -2.42. The molecule has 0 saturated heterocycles. The Kier molecular flexibility index (Phi) is 2.26. The summed E-state index contributed by atoms with van der Waals surface area (Å²) in [7, 11) is 1.36. The molecule has 84 valence electrons. The van der Waals surface area contributed by atoms with Crippen LogP contribution in [0.5, 0.6) is 0 Å². The number of fused-ring (bicyclic) bond motifs is 1. The van der Waals surface area contributed by atoms with Crippen LogP contribution >= 0.6 is 0 Å². The predicted octanol–water partition coefficient (Wildman–Crippen LogP) is -0.331. The lowest BCUT2D eigenvalue weighted by atomic mass is 10.1. The van der Waals surface area contributed by atoms with Crippen LogP contribution in [-0.4, -0.2) is 40.8 Å². The van der Waals surface area contributed by atoms with Crippen molar-refractivity contribution in [2.24, 2.45) is 0 Å². The molecule has 0 radical (unpaired) electrons. The molecule has 6 nitrogen and oxygen atoms in total. The number of carboxylic acid groups (broad SMARTS) is 1. The molecule has 1 N–H and O–H groups in total. The quantitative estimate of drug-likeness (QED) is 0.648. The maximum Gasteiger partial charge on any atom is 0.331 e. The van der Waals surface area contributed by atoms with Crippen molar-refractivity contribution in [1.82, 2.24) is 4.90 Å². The minimum atomic E-state index is -1.15. The molecule has 0 aromatic rings. The average Bonchev–Trinajstić information content (AvgIpc) is 2.56. The topological polar surface area (TPSA) is 83.9 Å². The van der Waals surface area contributed by atoms with Crippen LogP contribution in [0.2, 0.25) is 0 Å². The summed E-state index contributed by atoms with van der Waals surface area (Å²) < 4.78 is 4.94. The van der Waals surface area contributed by atoms with E-state index >= 15 is 0 Å². The summed E-state index contributed by atoms with van der Waals surface area (Å²) in [5.74, 6) is -1.77. The molecule has 0 bridgehead atoms. The highest BCUT2D eigenvalue weighted by Crippen LogP contribution is 2.31. The van der Waals surface area contributed by atoms with Crippen molar-refractivity contribution in [3.63, 3.8) is 0 Å². The predicted molar refractivity (Wildman–Crippen MR) is 51.1 cm³/mol.